The first kappa shape index (κ1) is 33.6. The normalized spacial score (nSPS) is 8.45. The van der Waals surface area contributed by atoms with Crippen LogP contribution in [-0.4, -0.2) is 87.8 Å². The van der Waals surface area contributed by atoms with Crippen LogP contribution < -0.4 is 17.1 Å². The van der Waals surface area contributed by atoms with E-state index in [4.69, 9.17) is 15.3 Å². The van der Waals surface area contributed by atoms with Crippen molar-refractivity contribution in [1.29, 1.82) is 0 Å². The molecule has 1 aromatic heterocycles. The van der Waals surface area contributed by atoms with Gasteiger partial charge in [0, 0.05) is 18.2 Å². The predicted molar refractivity (Wildman–Crippen MR) is 113 cm³/mol. The van der Waals surface area contributed by atoms with Crippen LogP contribution in [0.5, 0.6) is 0 Å². The molecule has 0 saturated heterocycles. The van der Waals surface area contributed by atoms with Crippen LogP contribution in [0.4, 0.5) is 0 Å². The van der Waals surface area contributed by atoms with Gasteiger partial charge in [-0.15, -0.1) is 0 Å². The lowest BCUT2D eigenvalue weighted by Crippen LogP contribution is -2.34. The molecule has 0 radical (unpaired) electrons. The molecule has 0 aliphatic heterocycles. The maximum Gasteiger partial charge on any atom is 0.330 e. The Hall–Kier alpha value is -4.08. The molecule has 15 nitrogen and oxygen atoms in total. The highest BCUT2D eigenvalue weighted by Gasteiger charge is 1.91. The molecular formula is C18H27N3O12. The number of aliphatic hydroxyl groups excluding tert-OH is 3. The molecule has 0 aliphatic carbocycles. The first-order chi connectivity index (χ1) is 15.6. The van der Waals surface area contributed by atoms with Crippen LogP contribution >= 0.6 is 0 Å². The van der Waals surface area contributed by atoms with Gasteiger partial charge in [-0.1, -0.05) is 19.7 Å². The summed E-state index contributed by atoms with van der Waals surface area (Å²) in [7, 11) is 0. The van der Waals surface area contributed by atoms with Crippen LogP contribution in [0.3, 0.4) is 0 Å². The first-order valence-electron chi connectivity index (χ1n) is 8.74. The van der Waals surface area contributed by atoms with Crippen molar-refractivity contribution in [1.82, 2.24) is 15.0 Å². The molecule has 0 unspecified atom stereocenters. The summed E-state index contributed by atoms with van der Waals surface area (Å²) < 4.78 is 13.0. The number of hydrogen-bond acceptors (Lipinski definition) is 12. The molecule has 1 rings (SSSR count). The van der Waals surface area contributed by atoms with Gasteiger partial charge in [0.1, 0.15) is 19.8 Å². The van der Waals surface area contributed by atoms with Crippen LogP contribution in [-0.2, 0) is 28.6 Å². The number of hydrogen-bond donors (Lipinski definition) is 6. The van der Waals surface area contributed by atoms with Crippen LogP contribution in [0.15, 0.2) is 52.3 Å². The van der Waals surface area contributed by atoms with Gasteiger partial charge in [-0.3, -0.25) is 15.0 Å². The molecule has 15 heteroatoms. The largest absolute Gasteiger partial charge is 0.460 e. The minimum Gasteiger partial charge on any atom is -0.460 e. The van der Waals surface area contributed by atoms with E-state index in [0.29, 0.717) is 0 Å². The van der Waals surface area contributed by atoms with E-state index >= 15 is 0 Å². The molecular weight excluding hydrogens is 450 g/mol. The van der Waals surface area contributed by atoms with E-state index in [0.717, 1.165) is 18.2 Å². The van der Waals surface area contributed by atoms with Crippen molar-refractivity contribution in [2.24, 2.45) is 0 Å². The molecule has 33 heavy (non-hydrogen) atoms. The third kappa shape index (κ3) is 27.9. The first-order valence-corrected chi connectivity index (χ1v) is 8.74. The van der Waals surface area contributed by atoms with Gasteiger partial charge >= 0.3 is 35.0 Å². The molecule has 0 bridgehead atoms. The molecule has 0 atom stereocenters. The number of carbonyl (C=O) groups excluding carboxylic acids is 3. The van der Waals surface area contributed by atoms with Gasteiger partial charge in [0.15, 0.2) is 0 Å². The van der Waals surface area contributed by atoms with Gasteiger partial charge in [-0.25, -0.2) is 28.8 Å². The number of aromatic nitrogens is 3. The van der Waals surface area contributed by atoms with Gasteiger partial charge in [0.05, 0.1) is 19.8 Å². The Bertz CT molecular complexity index is 749. The summed E-state index contributed by atoms with van der Waals surface area (Å²) >= 11 is 0. The second kappa shape index (κ2) is 24.2. The summed E-state index contributed by atoms with van der Waals surface area (Å²) in [5.41, 5.74) is -2.41. The van der Waals surface area contributed by atoms with E-state index in [-0.39, 0.29) is 39.6 Å². The zero-order valence-corrected chi connectivity index (χ0v) is 17.6. The monoisotopic (exact) mass is 477 g/mol. The Morgan fingerprint density at radius 1 is 0.606 bits per heavy atom. The van der Waals surface area contributed by atoms with Crippen molar-refractivity contribution < 1.29 is 43.9 Å². The third-order valence-electron chi connectivity index (χ3n) is 2.19. The second-order valence-electron chi connectivity index (χ2n) is 4.65. The summed E-state index contributed by atoms with van der Waals surface area (Å²) in [6, 6.07) is 0. The van der Waals surface area contributed by atoms with E-state index in [1.807, 2.05) is 0 Å². The molecule has 1 aromatic rings. The van der Waals surface area contributed by atoms with E-state index in [1.165, 1.54) is 0 Å². The second-order valence-corrected chi connectivity index (χ2v) is 4.65. The average Bonchev–Trinajstić information content (AvgIpc) is 2.79. The number of H-pyrrole nitrogens is 3. The predicted octanol–water partition coefficient (Wildman–Crippen LogP) is -3.12. The number of carbonyl (C=O) groups is 3. The number of rotatable bonds is 9. The Kier molecular flexibility index (Phi) is 24.6. The third-order valence-corrected chi connectivity index (χ3v) is 2.19. The lowest BCUT2D eigenvalue weighted by Gasteiger charge is -1.94. The minimum absolute atomic E-state index is 0.0465. The Morgan fingerprint density at radius 2 is 0.818 bits per heavy atom. The van der Waals surface area contributed by atoms with Crippen molar-refractivity contribution in [3.05, 3.63) is 69.4 Å². The zero-order valence-electron chi connectivity index (χ0n) is 17.6. The molecule has 0 saturated carbocycles. The highest BCUT2D eigenvalue weighted by molar-refractivity contribution is 5.81. The fraction of sp³-hybridized carbons (Fsp3) is 0.333. The molecule has 1 heterocycles. The lowest BCUT2D eigenvalue weighted by atomic mass is 10.6. The SMILES string of the molecule is C=CC(=O)OCCO.C=CC(=O)OCCO.C=CC(=O)OCCO.O=c1[nH]c(=O)[nH]c(=O)[nH]1. The average molecular weight is 477 g/mol. The van der Waals surface area contributed by atoms with Gasteiger partial charge < -0.3 is 29.5 Å². The molecule has 186 valence electrons. The van der Waals surface area contributed by atoms with Crippen molar-refractivity contribution in [2.75, 3.05) is 39.6 Å². The van der Waals surface area contributed by atoms with Gasteiger partial charge in [0.2, 0.25) is 0 Å². The zero-order chi connectivity index (χ0) is 26.1. The number of esters is 3. The van der Waals surface area contributed by atoms with Crippen molar-refractivity contribution in [3.63, 3.8) is 0 Å². The van der Waals surface area contributed by atoms with Crippen LogP contribution in [0.1, 0.15) is 0 Å². The summed E-state index contributed by atoms with van der Waals surface area (Å²) in [5.74, 6) is -1.50. The summed E-state index contributed by atoms with van der Waals surface area (Å²) in [6.07, 6.45) is 3.15. The summed E-state index contributed by atoms with van der Waals surface area (Å²) in [6.45, 7) is 9.19. The molecule has 0 spiro atoms. The van der Waals surface area contributed by atoms with E-state index < -0.39 is 35.0 Å². The Labute approximate surface area is 186 Å². The van der Waals surface area contributed by atoms with Crippen LogP contribution in [0.25, 0.3) is 0 Å². The van der Waals surface area contributed by atoms with Crippen LogP contribution in [0.2, 0.25) is 0 Å². The van der Waals surface area contributed by atoms with Gasteiger partial charge in [-0.05, 0) is 0 Å². The Morgan fingerprint density at radius 3 is 0.970 bits per heavy atom. The minimum atomic E-state index is -0.802. The fourth-order valence-corrected chi connectivity index (χ4v) is 1.02. The number of aliphatic hydroxyl groups is 3. The van der Waals surface area contributed by atoms with Crippen LogP contribution in [0, 0.1) is 0 Å². The van der Waals surface area contributed by atoms with E-state index in [2.05, 4.69) is 33.9 Å². The quantitative estimate of drug-likeness (QED) is 0.118. The van der Waals surface area contributed by atoms with Gasteiger partial charge in [-0.2, -0.15) is 0 Å². The highest BCUT2D eigenvalue weighted by Crippen LogP contribution is 1.76. The van der Waals surface area contributed by atoms with E-state index in [1.54, 1.807) is 15.0 Å². The maximum atomic E-state index is 10.2. The lowest BCUT2D eigenvalue weighted by molar-refractivity contribution is -0.139. The van der Waals surface area contributed by atoms with Crippen molar-refractivity contribution in [2.45, 2.75) is 0 Å². The number of ether oxygens (including phenoxy) is 3. The molecule has 0 aromatic carbocycles. The number of nitrogens with one attached hydrogen (secondary N) is 3. The molecule has 0 fully saturated rings. The number of aromatic amines is 3. The fourth-order valence-electron chi connectivity index (χ4n) is 1.02. The summed E-state index contributed by atoms with van der Waals surface area (Å²) in [4.78, 5) is 66.3. The molecule has 6 N–H and O–H groups in total. The van der Waals surface area contributed by atoms with Crippen molar-refractivity contribution >= 4 is 17.9 Å². The standard InChI is InChI=1S/3C5H8O3.C3H3N3O3/c3*1-2-5(7)8-4-3-6;7-1-4-2(8)6-3(9)5-1/h3*2,6H,1,3-4H2;(H3,4,5,6,7,8,9). The highest BCUT2D eigenvalue weighted by atomic mass is 16.5. The summed E-state index contributed by atoms with van der Waals surface area (Å²) in [5, 5.41) is 24.3. The van der Waals surface area contributed by atoms with Crippen molar-refractivity contribution in [3.8, 4) is 0 Å². The molecule has 0 aliphatic rings. The smallest absolute Gasteiger partial charge is 0.330 e. The molecule has 0 amide bonds. The topological polar surface area (TPSA) is 238 Å². The Balaban J connectivity index is -0.000000364. The van der Waals surface area contributed by atoms with E-state index in [9.17, 15) is 28.8 Å². The maximum absolute atomic E-state index is 10.2. The van der Waals surface area contributed by atoms with Gasteiger partial charge in [0.25, 0.3) is 0 Å².